The van der Waals surface area contributed by atoms with Crippen molar-refractivity contribution in [1.82, 2.24) is 4.98 Å². The largest absolute Gasteiger partial charge is 0.385 e. The topological polar surface area (TPSA) is 56.9 Å². The molecule has 0 aliphatic heterocycles. The van der Waals surface area contributed by atoms with Gasteiger partial charge in [0.2, 0.25) is 0 Å². The summed E-state index contributed by atoms with van der Waals surface area (Å²) >= 11 is 1.49. The van der Waals surface area contributed by atoms with Gasteiger partial charge in [-0.3, -0.25) is 0 Å². The van der Waals surface area contributed by atoms with Gasteiger partial charge in [-0.2, -0.15) is 5.26 Å². The highest BCUT2D eigenvalue weighted by Crippen LogP contribution is 2.56. The van der Waals surface area contributed by atoms with Gasteiger partial charge in [0.05, 0.1) is 11.6 Å². The van der Waals surface area contributed by atoms with Gasteiger partial charge in [-0.15, -0.1) is 11.3 Å². The fourth-order valence-electron chi connectivity index (χ4n) is 4.07. The molecule has 1 N–H and O–H groups in total. The van der Waals surface area contributed by atoms with E-state index in [4.69, 9.17) is 0 Å². The molecule has 0 unspecified atom stereocenters. The first-order chi connectivity index (χ1) is 12.1. The zero-order chi connectivity index (χ0) is 17.4. The van der Waals surface area contributed by atoms with E-state index in [1.165, 1.54) is 16.9 Å². The summed E-state index contributed by atoms with van der Waals surface area (Å²) in [5.74, 6) is 0.0240. The monoisotopic (exact) mass is 346 g/mol. The predicted octanol–water partition coefficient (Wildman–Crippen LogP) is 4.44. The average molecular weight is 346 g/mol. The molecule has 0 fully saturated rings. The Balaban J connectivity index is 1.88. The van der Waals surface area contributed by atoms with Crippen molar-refractivity contribution >= 4 is 11.3 Å². The van der Waals surface area contributed by atoms with Gasteiger partial charge in [-0.1, -0.05) is 43.3 Å². The van der Waals surface area contributed by atoms with Crippen LogP contribution in [0.5, 0.6) is 0 Å². The smallest absolute Gasteiger partial charge is 0.122 e. The summed E-state index contributed by atoms with van der Waals surface area (Å²) in [5, 5.41) is 23.1. The van der Waals surface area contributed by atoms with Crippen molar-refractivity contribution in [2.24, 2.45) is 5.41 Å². The molecule has 124 valence electrons. The third kappa shape index (κ3) is 2.57. The van der Waals surface area contributed by atoms with Gasteiger partial charge >= 0.3 is 0 Å². The minimum Gasteiger partial charge on any atom is -0.385 e. The van der Waals surface area contributed by atoms with Crippen LogP contribution in [-0.4, -0.2) is 10.1 Å². The van der Waals surface area contributed by atoms with Crippen LogP contribution in [0.25, 0.3) is 0 Å². The van der Waals surface area contributed by atoms with Crippen LogP contribution in [0.15, 0.2) is 60.1 Å². The number of hydrogen-bond acceptors (Lipinski definition) is 4. The fraction of sp³-hybridized carbons (Fsp3) is 0.238. The number of aliphatic hydroxyl groups is 1. The summed E-state index contributed by atoms with van der Waals surface area (Å²) in [4.78, 5) is 4.35. The van der Waals surface area contributed by atoms with E-state index in [0.29, 0.717) is 5.56 Å². The van der Waals surface area contributed by atoms with Gasteiger partial charge in [0.15, 0.2) is 0 Å². The van der Waals surface area contributed by atoms with Crippen LogP contribution < -0.4 is 0 Å². The van der Waals surface area contributed by atoms with E-state index in [9.17, 15) is 10.4 Å². The predicted molar refractivity (Wildman–Crippen MR) is 98.3 cm³/mol. The van der Waals surface area contributed by atoms with Crippen molar-refractivity contribution in [2.45, 2.75) is 25.4 Å². The van der Waals surface area contributed by atoms with Crippen molar-refractivity contribution in [3.63, 3.8) is 0 Å². The van der Waals surface area contributed by atoms with Gasteiger partial charge in [0, 0.05) is 22.9 Å². The Bertz CT molecular complexity index is 930. The number of thiazole rings is 1. The van der Waals surface area contributed by atoms with Crippen LogP contribution in [0.1, 0.15) is 46.2 Å². The molecule has 3 atom stereocenters. The van der Waals surface area contributed by atoms with E-state index in [1.807, 2.05) is 41.8 Å². The van der Waals surface area contributed by atoms with Gasteiger partial charge in [-0.25, -0.2) is 4.98 Å². The Morgan fingerprint density at radius 1 is 1.28 bits per heavy atom. The molecule has 0 saturated carbocycles. The lowest BCUT2D eigenvalue weighted by atomic mass is 9.70. The molecule has 3 aromatic rings. The van der Waals surface area contributed by atoms with Crippen molar-refractivity contribution in [2.75, 3.05) is 0 Å². The molecule has 1 heterocycles. The number of nitrogens with zero attached hydrogens (tertiary/aromatic N) is 2. The van der Waals surface area contributed by atoms with E-state index in [0.717, 1.165) is 22.6 Å². The highest BCUT2D eigenvalue weighted by Gasteiger charge is 2.49. The molecule has 0 bridgehead atoms. The molecule has 3 nitrogen and oxygen atoms in total. The summed E-state index contributed by atoms with van der Waals surface area (Å²) in [6.45, 7) is 2.13. The molecule has 4 rings (SSSR count). The number of benzene rings is 2. The zero-order valence-electron chi connectivity index (χ0n) is 13.9. The standard InChI is InChI=1S/C21H18N2OS/c1-21(19(24)20-23-9-10-25-20)12-16-8-7-14(13-22)11-17(16)18(21)15-5-3-2-4-6-15/h2-11,18-19,24H,12H2,1H3/t18-,19+,21+/m0/s1. The lowest BCUT2D eigenvalue weighted by molar-refractivity contribution is 0.0316. The van der Waals surface area contributed by atoms with E-state index < -0.39 is 11.5 Å². The Morgan fingerprint density at radius 2 is 2.08 bits per heavy atom. The summed E-state index contributed by atoms with van der Waals surface area (Å²) in [6.07, 6.45) is 1.84. The Morgan fingerprint density at radius 3 is 2.76 bits per heavy atom. The first kappa shape index (κ1) is 16.0. The van der Waals surface area contributed by atoms with Gasteiger partial charge < -0.3 is 5.11 Å². The summed E-state index contributed by atoms with van der Waals surface area (Å²) < 4.78 is 0. The third-order valence-corrected chi connectivity index (χ3v) is 6.09. The minimum atomic E-state index is -0.657. The molecule has 0 radical (unpaired) electrons. The van der Waals surface area contributed by atoms with Gasteiger partial charge in [0.25, 0.3) is 0 Å². The molecule has 1 aliphatic rings. The number of fused-ring (bicyclic) bond motifs is 1. The number of aromatic nitrogens is 1. The van der Waals surface area contributed by atoms with Crippen LogP contribution in [0.3, 0.4) is 0 Å². The minimum absolute atomic E-state index is 0.0240. The Labute approximate surface area is 151 Å². The van der Waals surface area contributed by atoms with Gasteiger partial charge in [0.1, 0.15) is 11.1 Å². The molecule has 0 amide bonds. The first-order valence-electron chi connectivity index (χ1n) is 8.29. The second-order valence-electron chi connectivity index (χ2n) is 6.82. The maximum Gasteiger partial charge on any atom is 0.122 e. The molecular weight excluding hydrogens is 328 g/mol. The third-order valence-electron chi connectivity index (χ3n) is 5.26. The molecule has 25 heavy (non-hydrogen) atoms. The zero-order valence-corrected chi connectivity index (χ0v) is 14.7. The molecule has 4 heteroatoms. The van der Waals surface area contributed by atoms with Crippen LogP contribution in [-0.2, 0) is 6.42 Å². The molecule has 0 saturated heterocycles. The Kier molecular flexibility index (Phi) is 3.91. The van der Waals surface area contributed by atoms with E-state index >= 15 is 0 Å². The molecule has 0 spiro atoms. The van der Waals surface area contributed by atoms with E-state index in [1.54, 1.807) is 6.20 Å². The summed E-state index contributed by atoms with van der Waals surface area (Å²) in [5.41, 5.74) is 3.76. The fourth-order valence-corrected chi connectivity index (χ4v) is 4.85. The summed E-state index contributed by atoms with van der Waals surface area (Å²) in [7, 11) is 0. The second kappa shape index (κ2) is 6.11. The maximum atomic E-state index is 11.2. The molecular formula is C21H18N2OS. The van der Waals surface area contributed by atoms with Crippen molar-refractivity contribution < 1.29 is 5.11 Å². The Hall–Kier alpha value is -2.48. The first-order valence-corrected chi connectivity index (χ1v) is 9.17. The maximum absolute atomic E-state index is 11.2. The number of nitriles is 1. The van der Waals surface area contributed by atoms with Crippen molar-refractivity contribution in [3.8, 4) is 6.07 Å². The van der Waals surface area contributed by atoms with Crippen molar-refractivity contribution in [1.29, 1.82) is 5.26 Å². The molecule has 1 aliphatic carbocycles. The number of hydrogen-bond donors (Lipinski definition) is 1. The quantitative estimate of drug-likeness (QED) is 0.762. The second-order valence-corrected chi connectivity index (χ2v) is 7.75. The van der Waals surface area contributed by atoms with E-state index in [-0.39, 0.29) is 5.92 Å². The van der Waals surface area contributed by atoms with Crippen LogP contribution in [0.4, 0.5) is 0 Å². The average Bonchev–Trinajstić information content (AvgIpc) is 3.27. The normalized spacial score (nSPS) is 23.0. The molecule has 1 aromatic heterocycles. The highest BCUT2D eigenvalue weighted by molar-refractivity contribution is 7.09. The summed E-state index contributed by atoms with van der Waals surface area (Å²) in [6, 6.07) is 18.4. The lowest BCUT2D eigenvalue weighted by Crippen LogP contribution is -2.31. The highest BCUT2D eigenvalue weighted by atomic mass is 32.1. The lowest BCUT2D eigenvalue weighted by Gasteiger charge is -2.36. The van der Waals surface area contributed by atoms with Crippen LogP contribution >= 0.6 is 11.3 Å². The SMILES string of the molecule is C[C@@]1([C@H](O)c2nccs2)Cc2ccc(C#N)cc2[C@@H]1c1ccccc1. The van der Waals surface area contributed by atoms with E-state index in [2.05, 4.69) is 30.1 Å². The van der Waals surface area contributed by atoms with Crippen LogP contribution in [0, 0.1) is 16.7 Å². The van der Waals surface area contributed by atoms with Crippen LogP contribution in [0.2, 0.25) is 0 Å². The number of rotatable bonds is 3. The van der Waals surface area contributed by atoms with Crippen molar-refractivity contribution in [3.05, 3.63) is 87.4 Å². The number of aliphatic hydroxyl groups excluding tert-OH is 1. The molecule has 2 aromatic carbocycles. The van der Waals surface area contributed by atoms with Gasteiger partial charge in [-0.05, 0) is 35.2 Å².